The Morgan fingerprint density at radius 3 is 2.50 bits per heavy atom. The van der Waals surface area contributed by atoms with Gasteiger partial charge in [0.1, 0.15) is 0 Å². The predicted octanol–water partition coefficient (Wildman–Crippen LogP) is -0.647. The van der Waals surface area contributed by atoms with Gasteiger partial charge in [-0.1, -0.05) is 6.92 Å². The highest BCUT2D eigenvalue weighted by Crippen LogP contribution is 1.99. The molecule has 0 heterocycles. The fourth-order valence-corrected chi connectivity index (χ4v) is 1.08. The summed E-state index contributed by atoms with van der Waals surface area (Å²) in [6, 6.07) is 0. The molecule has 0 aromatic heterocycles. The Bertz CT molecular complexity index is 190. The largest absolute Gasteiger partial charge is 0.370 e. The van der Waals surface area contributed by atoms with Crippen LogP contribution in [0.15, 0.2) is 0 Å². The van der Waals surface area contributed by atoms with E-state index in [9.17, 15) is 9.59 Å². The maximum Gasteiger partial charge on any atom is 0.224 e. The lowest BCUT2D eigenvalue weighted by Gasteiger charge is -2.11. The lowest BCUT2D eigenvalue weighted by atomic mass is 10.1. The number of nitrogens with two attached hydrogens (primary N) is 2. The van der Waals surface area contributed by atoms with Crippen molar-refractivity contribution in [3.63, 3.8) is 0 Å². The molecule has 0 aliphatic carbocycles. The molecule has 5 nitrogen and oxygen atoms in total. The summed E-state index contributed by atoms with van der Waals surface area (Å²) in [5.74, 6) is -0.506. The molecule has 0 spiro atoms. The summed E-state index contributed by atoms with van der Waals surface area (Å²) in [5.41, 5.74) is 10.4. The Hall–Kier alpha value is -1.10. The third-order valence-corrected chi connectivity index (χ3v) is 2.05. The quantitative estimate of drug-likeness (QED) is 0.477. The highest BCUT2D eigenvalue weighted by molar-refractivity contribution is 5.79. The summed E-state index contributed by atoms with van der Waals surface area (Å²) >= 11 is 0. The van der Waals surface area contributed by atoms with Gasteiger partial charge in [-0.3, -0.25) is 9.59 Å². The van der Waals surface area contributed by atoms with E-state index in [0.29, 0.717) is 25.9 Å². The molecule has 0 saturated heterocycles. The van der Waals surface area contributed by atoms with Crippen LogP contribution in [0.4, 0.5) is 0 Å². The molecule has 1 unspecified atom stereocenters. The summed E-state index contributed by atoms with van der Waals surface area (Å²) in [6.45, 7) is 2.76. The van der Waals surface area contributed by atoms with E-state index in [1.807, 2.05) is 6.92 Å². The Morgan fingerprint density at radius 1 is 1.43 bits per heavy atom. The second kappa shape index (κ2) is 7.32. The van der Waals surface area contributed by atoms with Gasteiger partial charge in [-0.05, 0) is 12.8 Å². The summed E-state index contributed by atoms with van der Waals surface area (Å²) < 4.78 is 0. The highest BCUT2D eigenvalue weighted by Gasteiger charge is 2.13. The fourth-order valence-electron chi connectivity index (χ4n) is 1.08. The number of carbonyl (C=O) groups is 2. The summed E-state index contributed by atoms with van der Waals surface area (Å²) in [4.78, 5) is 21.7. The van der Waals surface area contributed by atoms with Gasteiger partial charge >= 0.3 is 0 Å². The Kier molecular flexibility index (Phi) is 6.74. The van der Waals surface area contributed by atoms with Crippen molar-refractivity contribution >= 4 is 11.8 Å². The lowest BCUT2D eigenvalue weighted by Crippen LogP contribution is -2.35. The number of hydrogen-bond donors (Lipinski definition) is 3. The van der Waals surface area contributed by atoms with Crippen molar-refractivity contribution in [2.45, 2.75) is 26.2 Å². The predicted molar refractivity (Wildman–Crippen MR) is 54.3 cm³/mol. The second-order valence-electron chi connectivity index (χ2n) is 3.20. The van der Waals surface area contributed by atoms with Gasteiger partial charge in [-0.2, -0.15) is 0 Å². The van der Waals surface area contributed by atoms with Gasteiger partial charge in [-0.25, -0.2) is 0 Å². The van der Waals surface area contributed by atoms with Crippen LogP contribution in [0.1, 0.15) is 26.2 Å². The van der Waals surface area contributed by atoms with Gasteiger partial charge in [-0.15, -0.1) is 0 Å². The van der Waals surface area contributed by atoms with Crippen LogP contribution < -0.4 is 16.8 Å². The van der Waals surface area contributed by atoms with Gasteiger partial charge in [0.25, 0.3) is 0 Å². The first-order valence-corrected chi connectivity index (χ1v) is 4.87. The summed E-state index contributed by atoms with van der Waals surface area (Å²) in [7, 11) is 0. The van der Waals surface area contributed by atoms with Crippen molar-refractivity contribution in [3.05, 3.63) is 0 Å². The van der Waals surface area contributed by atoms with E-state index in [2.05, 4.69) is 5.32 Å². The van der Waals surface area contributed by atoms with Crippen LogP contribution >= 0.6 is 0 Å². The first kappa shape index (κ1) is 12.9. The molecule has 0 saturated carbocycles. The molecule has 5 heteroatoms. The molecular weight excluding hydrogens is 182 g/mol. The van der Waals surface area contributed by atoms with Gasteiger partial charge in [0.2, 0.25) is 11.8 Å². The highest BCUT2D eigenvalue weighted by atomic mass is 16.2. The molecule has 82 valence electrons. The Morgan fingerprint density at radius 2 is 2.07 bits per heavy atom. The Labute approximate surface area is 84.2 Å². The third-order valence-electron chi connectivity index (χ3n) is 2.05. The first-order valence-electron chi connectivity index (χ1n) is 4.87. The molecule has 0 aromatic carbocycles. The van der Waals surface area contributed by atoms with Crippen LogP contribution in [-0.4, -0.2) is 24.9 Å². The van der Waals surface area contributed by atoms with Crippen molar-refractivity contribution in [1.29, 1.82) is 0 Å². The zero-order chi connectivity index (χ0) is 11.0. The van der Waals surface area contributed by atoms with E-state index in [-0.39, 0.29) is 17.7 Å². The van der Waals surface area contributed by atoms with Gasteiger partial charge in [0, 0.05) is 25.4 Å². The minimum Gasteiger partial charge on any atom is -0.370 e. The number of amides is 2. The number of carbonyl (C=O) groups excluding carboxylic acids is 2. The van der Waals surface area contributed by atoms with E-state index in [0.717, 1.165) is 6.42 Å². The van der Waals surface area contributed by atoms with Crippen LogP contribution in [-0.2, 0) is 9.59 Å². The van der Waals surface area contributed by atoms with E-state index < -0.39 is 0 Å². The second-order valence-corrected chi connectivity index (χ2v) is 3.20. The summed E-state index contributed by atoms with van der Waals surface area (Å²) in [6.07, 6.45) is 1.62. The van der Waals surface area contributed by atoms with Crippen LogP contribution in [0.2, 0.25) is 0 Å². The molecular formula is C9H19N3O2. The number of primary amides is 1. The van der Waals surface area contributed by atoms with Gasteiger partial charge in [0.15, 0.2) is 0 Å². The SMILES string of the molecule is CCC(CN)C(=O)NCCCC(N)=O. The molecule has 2 amide bonds. The minimum atomic E-state index is -0.342. The molecule has 0 aromatic rings. The van der Waals surface area contributed by atoms with Crippen LogP contribution in [0.3, 0.4) is 0 Å². The van der Waals surface area contributed by atoms with Crippen molar-refractivity contribution in [2.75, 3.05) is 13.1 Å². The van der Waals surface area contributed by atoms with E-state index >= 15 is 0 Å². The first-order chi connectivity index (χ1) is 6.61. The normalized spacial score (nSPS) is 12.1. The Balaban J connectivity index is 3.57. The van der Waals surface area contributed by atoms with Crippen LogP contribution in [0, 0.1) is 5.92 Å². The van der Waals surface area contributed by atoms with Gasteiger partial charge < -0.3 is 16.8 Å². The van der Waals surface area contributed by atoms with E-state index in [4.69, 9.17) is 11.5 Å². The van der Waals surface area contributed by atoms with E-state index in [1.165, 1.54) is 0 Å². The minimum absolute atomic E-state index is 0.0422. The third kappa shape index (κ3) is 5.53. The topological polar surface area (TPSA) is 98.2 Å². The fraction of sp³-hybridized carbons (Fsp3) is 0.778. The number of rotatable bonds is 7. The molecule has 0 aliphatic rings. The lowest BCUT2D eigenvalue weighted by molar-refractivity contribution is -0.125. The maximum atomic E-state index is 11.3. The zero-order valence-corrected chi connectivity index (χ0v) is 8.58. The van der Waals surface area contributed by atoms with Crippen molar-refractivity contribution in [3.8, 4) is 0 Å². The molecule has 0 aliphatic heterocycles. The van der Waals surface area contributed by atoms with Crippen LogP contribution in [0.25, 0.3) is 0 Å². The maximum absolute atomic E-state index is 11.3. The van der Waals surface area contributed by atoms with Crippen molar-refractivity contribution in [2.24, 2.45) is 17.4 Å². The number of nitrogens with one attached hydrogen (secondary N) is 1. The van der Waals surface area contributed by atoms with Gasteiger partial charge in [0.05, 0.1) is 0 Å². The molecule has 14 heavy (non-hydrogen) atoms. The molecule has 0 rings (SSSR count). The monoisotopic (exact) mass is 201 g/mol. The standard InChI is InChI=1S/C9H19N3O2/c1-2-7(6-10)9(14)12-5-3-4-8(11)13/h7H,2-6,10H2,1H3,(H2,11,13)(H,12,14). The molecule has 1 atom stereocenters. The van der Waals surface area contributed by atoms with Crippen molar-refractivity contribution < 1.29 is 9.59 Å². The smallest absolute Gasteiger partial charge is 0.224 e. The summed E-state index contributed by atoms with van der Waals surface area (Å²) in [5, 5.41) is 2.71. The number of hydrogen-bond acceptors (Lipinski definition) is 3. The zero-order valence-electron chi connectivity index (χ0n) is 8.58. The average Bonchev–Trinajstić information content (AvgIpc) is 2.14. The molecule has 0 radical (unpaired) electrons. The average molecular weight is 201 g/mol. The molecule has 0 fully saturated rings. The molecule has 5 N–H and O–H groups in total. The van der Waals surface area contributed by atoms with Crippen molar-refractivity contribution in [1.82, 2.24) is 5.32 Å². The van der Waals surface area contributed by atoms with E-state index in [1.54, 1.807) is 0 Å². The van der Waals surface area contributed by atoms with Crippen LogP contribution in [0.5, 0.6) is 0 Å². The molecule has 0 bridgehead atoms.